The Labute approximate surface area is 287 Å². The third-order valence-electron chi connectivity index (χ3n) is 7.88. The molecule has 0 saturated heterocycles. The molecular weight excluding hydrogens is 617 g/mol. The van der Waals surface area contributed by atoms with Crippen LogP contribution in [0.3, 0.4) is 0 Å². The number of hydrogen-bond acceptors (Lipinski definition) is 7. The van der Waals surface area contributed by atoms with E-state index in [4.69, 9.17) is 13.8 Å². The number of aliphatic hydroxyl groups excluding tert-OH is 1. The molecule has 0 spiro atoms. The molecule has 0 aliphatic carbocycles. The second kappa shape index (κ2) is 34.4. The predicted octanol–water partition coefficient (Wildman–Crippen LogP) is 9.65. The van der Waals surface area contributed by atoms with E-state index >= 15 is 0 Å². The van der Waals surface area contributed by atoms with Gasteiger partial charge in [-0.25, -0.2) is 4.57 Å². The number of esters is 1. The van der Waals surface area contributed by atoms with E-state index in [0.29, 0.717) is 6.42 Å². The topological polar surface area (TPSA) is 131 Å². The minimum absolute atomic E-state index is 0.0794. The van der Waals surface area contributed by atoms with Crippen molar-refractivity contribution in [3.05, 3.63) is 24.3 Å². The maximum absolute atomic E-state index is 11.9. The van der Waals surface area contributed by atoms with Crippen LogP contribution in [0.1, 0.15) is 168 Å². The van der Waals surface area contributed by atoms with Gasteiger partial charge in [0.15, 0.2) is 0 Å². The highest BCUT2D eigenvalue weighted by Gasteiger charge is 2.23. The van der Waals surface area contributed by atoms with Crippen molar-refractivity contribution in [2.75, 3.05) is 26.4 Å². The molecule has 1 amide bonds. The Morgan fingerprint density at radius 2 is 1.15 bits per heavy atom. The summed E-state index contributed by atoms with van der Waals surface area (Å²) in [6, 6.07) is 0. The zero-order valence-corrected chi connectivity index (χ0v) is 30.9. The minimum Gasteiger partial charge on any atom is -0.463 e. The van der Waals surface area contributed by atoms with E-state index in [1.807, 2.05) is 0 Å². The van der Waals surface area contributed by atoms with Crippen molar-refractivity contribution >= 4 is 19.7 Å². The maximum atomic E-state index is 11.9. The first kappa shape index (κ1) is 45.5. The van der Waals surface area contributed by atoms with Crippen molar-refractivity contribution in [3.63, 3.8) is 0 Å². The van der Waals surface area contributed by atoms with Crippen molar-refractivity contribution < 1.29 is 37.9 Å². The van der Waals surface area contributed by atoms with Crippen molar-refractivity contribution in [2.45, 2.75) is 174 Å². The van der Waals surface area contributed by atoms with E-state index in [1.165, 1.54) is 96.3 Å². The molecule has 0 heterocycles. The molecule has 0 saturated carbocycles. The molecule has 9 nitrogen and oxygen atoms in total. The second-order valence-corrected chi connectivity index (χ2v) is 14.0. The molecule has 3 N–H and O–H groups in total. The summed E-state index contributed by atoms with van der Waals surface area (Å²) in [6.45, 7) is 3.34. The lowest BCUT2D eigenvalue weighted by Gasteiger charge is -2.15. The van der Waals surface area contributed by atoms with Crippen LogP contribution in [0.2, 0.25) is 0 Å². The highest BCUT2D eigenvalue weighted by atomic mass is 31.2. The Balaban J connectivity index is 3.50. The van der Waals surface area contributed by atoms with E-state index in [9.17, 15) is 24.2 Å². The molecule has 0 bridgehead atoms. The lowest BCUT2D eigenvalue weighted by molar-refractivity contribution is -0.147. The Morgan fingerprint density at radius 3 is 1.72 bits per heavy atom. The molecule has 0 aromatic heterocycles. The number of hydrogen-bond donors (Lipinski definition) is 3. The summed E-state index contributed by atoms with van der Waals surface area (Å²) < 4.78 is 26.5. The van der Waals surface area contributed by atoms with Crippen molar-refractivity contribution in [3.8, 4) is 0 Å². The van der Waals surface area contributed by atoms with Crippen molar-refractivity contribution in [2.24, 2.45) is 0 Å². The average Bonchev–Trinajstić information content (AvgIpc) is 3.05. The molecule has 47 heavy (non-hydrogen) atoms. The summed E-state index contributed by atoms with van der Waals surface area (Å²) in [7, 11) is -4.39. The molecule has 0 aromatic carbocycles. The number of unbranched alkanes of at least 4 members (excludes halogenated alkanes) is 18. The third-order valence-corrected chi connectivity index (χ3v) is 8.87. The molecule has 0 aliphatic heterocycles. The van der Waals surface area contributed by atoms with Gasteiger partial charge in [0.25, 0.3) is 0 Å². The number of phosphoric acid groups is 1. The van der Waals surface area contributed by atoms with Gasteiger partial charge in [0.05, 0.1) is 13.2 Å². The van der Waals surface area contributed by atoms with Crippen molar-refractivity contribution in [1.82, 2.24) is 5.32 Å². The molecule has 2 atom stereocenters. The van der Waals surface area contributed by atoms with Gasteiger partial charge in [-0.1, -0.05) is 134 Å². The quantitative estimate of drug-likeness (QED) is 0.0260. The number of aliphatic hydroxyl groups is 1. The molecule has 0 fully saturated rings. The number of allylic oxidation sites excluding steroid dienone is 4. The first-order valence-corrected chi connectivity index (χ1v) is 20.3. The SMILES string of the molecule is CCCCC/C=C\C/C=C\CCCCCCCCCCCCCCCC(=O)OCC(O)COP(=O)(O)OCCNC(=O)CCCCC. The standard InChI is InChI=1S/C37H70NO8P/c1-3-5-7-8-9-10-11-12-13-14-15-16-17-18-19-20-21-22-23-24-25-26-28-30-37(41)44-33-35(39)34-46-47(42,43)45-32-31-38-36(40)29-27-6-4-2/h9-10,12-13,35,39H,3-8,11,14-34H2,1-2H3,(H,38,40)(H,42,43)/b10-9-,13-12-. The van der Waals surface area contributed by atoms with Crippen LogP contribution in [0, 0.1) is 0 Å². The molecule has 276 valence electrons. The fraction of sp³-hybridized carbons (Fsp3) is 0.838. The van der Waals surface area contributed by atoms with Crippen LogP contribution in [0.25, 0.3) is 0 Å². The first-order valence-electron chi connectivity index (χ1n) is 18.8. The number of rotatable bonds is 35. The summed E-state index contributed by atoms with van der Waals surface area (Å²) in [5.74, 6) is -0.541. The number of carbonyl (C=O) groups excluding carboxylic acids is 2. The highest BCUT2D eigenvalue weighted by molar-refractivity contribution is 7.47. The van der Waals surface area contributed by atoms with Gasteiger partial charge in [-0.05, 0) is 44.9 Å². The molecule has 0 aliphatic rings. The van der Waals surface area contributed by atoms with Crippen LogP contribution in [0.4, 0.5) is 0 Å². The Hall–Kier alpha value is -1.51. The number of carbonyl (C=O) groups is 2. The van der Waals surface area contributed by atoms with Crippen LogP contribution in [0.5, 0.6) is 0 Å². The highest BCUT2D eigenvalue weighted by Crippen LogP contribution is 2.42. The normalized spacial score (nSPS) is 13.7. The second-order valence-electron chi connectivity index (χ2n) is 12.6. The van der Waals surface area contributed by atoms with Gasteiger partial charge in [-0.3, -0.25) is 18.6 Å². The molecular formula is C37H70NO8P. The monoisotopic (exact) mass is 687 g/mol. The molecule has 0 rings (SSSR count). The minimum atomic E-state index is -4.39. The van der Waals surface area contributed by atoms with Crippen molar-refractivity contribution in [1.29, 1.82) is 0 Å². The van der Waals surface area contributed by atoms with Crippen LogP contribution >= 0.6 is 7.82 Å². The van der Waals surface area contributed by atoms with Gasteiger partial charge >= 0.3 is 13.8 Å². The summed E-state index contributed by atoms with van der Waals surface area (Å²) in [5.41, 5.74) is 0. The third kappa shape index (κ3) is 35.6. The van der Waals surface area contributed by atoms with Gasteiger partial charge in [0, 0.05) is 19.4 Å². The molecule has 0 radical (unpaired) electrons. The smallest absolute Gasteiger partial charge is 0.463 e. The van der Waals surface area contributed by atoms with Gasteiger partial charge in [-0.2, -0.15) is 0 Å². The fourth-order valence-corrected chi connectivity index (χ4v) is 5.75. The average molecular weight is 688 g/mol. The van der Waals surface area contributed by atoms with Crippen LogP contribution in [0.15, 0.2) is 24.3 Å². The first-order chi connectivity index (χ1) is 22.8. The molecule has 0 aromatic rings. The van der Waals surface area contributed by atoms with Crippen LogP contribution < -0.4 is 5.32 Å². The van der Waals surface area contributed by atoms with Gasteiger partial charge in [-0.15, -0.1) is 0 Å². The summed E-state index contributed by atoms with van der Waals surface area (Å²) in [6.07, 6.45) is 34.8. The van der Waals surface area contributed by atoms with Gasteiger partial charge in [0.1, 0.15) is 12.7 Å². The lowest BCUT2D eigenvalue weighted by atomic mass is 10.0. The number of nitrogens with one attached hydrogen (secondary N) is 1. The number of ether oxygens (including phenoxy) is 1. The van der Waals surface area contributed by atoms with Crippen LogP contribution in [-0.2, 0) is 27.9 Å². The van der Waals surface area contributed by atoms with E-state index in [-0.39, 0.29) is 32.1 Å². The summed E-state index contributed by atoms with van der Waals surface area (Å²) >= 11 is 0. The summed E-state index contributed by atoms with van der Waals surface area (Å²) in [4.78, 5) is 33.3. The van der Waals surface area contributed by atoms with Gasteiger partial charge in [0.2, 0.25) is 5.91 Å². The van der Waals surface area contributed by atoms with E-state index in [1.54, 1.807) is 0 Å². The van der Waals surface area contributed by atoms with E-state index < -0.39 is 26.5 Å². The van der Waals surface area contributed by atoms with E-state index in [0.717, 1.165) is 44.9 Å². The van der Waals surface area contributed by atoms with Gasteiger partial charge < -0.3 is 20.1 Å². The summed E-state index contributed by atoms with van der Waals surface area (Å²) in [5, 5.41) is 12.5. The Bertz CT molecular complexity index is 835. The Morgan fingerprint density at radius 1 is 0.660 bits per heavy atom. The fourth-order valence-electron chi connectivity index (χ4n) is 5.00. The molecule has 2 unspecified atom stereocenters. The van der Waals surface area contributed by atoms with Crippen LogP contribution in [-0.4, -0.2) is 54.3 Å². The molecule has 10 heteroatoms. The zero-order valence-electron chi connectivity index (χ0n) is 30.0. The largest absolute Gasteiger partial charge is 0.472 e. The maximum Gasteiger partial charge on any atom is 0.472 e. The Kier molecular flexibility index (Phi) is 33.3. The zero-order chi connectivity index (χ0) is 34.7. The predicted molar refractivity (Wildman–Crippen MR) is 192 cm³/mol. The number of phosphoric ester groups is 1. The van der Waals surface area contributed by atoms with E-state index in [2.05, 4.69) is 43.5 Å². The lowest BCUT2D eigenvalue weighted by Crippen LogP contribution is -2.27. The number of amides is 1.